The summed E-state index contributed by atoms with van der Waals surface area (Å²) in [5.74, 6) is 1.73. The molecule has 2 nitrogen and oxygen atoms in total. The molecule has 2 fully saturated rings. The summed E-state index contributed by atoms with van der Waals surface area (Å²) in [4.78, 5) is 0. The largest absolute Gasteiger partial charge is 0.327 e. The van der Waals surface area contributed by atoms with Crippen LogP contribution in [0.15, 0.2) is 0 Å². The molecule has 0 aromatic carbocycles. The molecule has 4 atom stereocenters. The first-order valence-electron chi connectivity index (χ1n) is 6.80. The second kappa shape index (κ2) is 5.31. The predicted molar refractivity (Wildman–Crippen MR) is 64.7 cm³/mol. The minimum atomic E-state index is 0.467. The van der Waals surface area contributed by atoms with Gasteiger partial charge in [-0.05, 0) is 44.1 Å². The number of hydrogen-bond donors (Lipinski definition) is 2. The van der Waals surface area contributed by atoms with E-state index in [1.54, 1.807) is 0 Å². The zero-order valence-corrected chi connectivity index (χ0v) is 10.0. The summed E-state index contributed by atoms with van der Waals surface area (Å²) >= 11 is 0. The normalized spacial score (nSPS) is 40.4. The van der Waals surface area contributed by atoms with E-state index in [1.807, 2.05) is 0 Å². The first kappa shape index (κ1) is 11.4. The molecule has 0 bridgehead atoms. The monoisotopic (exact) mass is 210 g/mol. The Morgan fingerprint density at radius 2 is 2.00 bits per heavy atom. The van der Waals surface area contributed by atoms with Crippen molar-refractivity contribution in [3.63, 3.8) is 0 Å². The molecule has 15 heavy (non-hydrogen) atoms. The maximum atomic E-state index is 6.14. The smallest absolute Gasteiger partial charge is 0.00992 e. The molecular formula is C13H26N2. The predicted octanol–water partition coefficient (Wildman–Crippen LogP) is 2.28. The third-order valence-corrected chi connectivity index (χ3v) is 4.19. The van der Waals surface area contributed by atoms with Gasteiger partial charge < -0.3 is 11.1 Å². The van der Waals surface area contributed by atoms with Crippen molar-refractivity contribution >= 4 is 0 Å². The van der Waals surface area contributed by atoms with Crippen LogP contribution in [0.3, 0.4) is 0 Å². The zero-order chi connectivity index (χ0) is 10.7. The van der Waals surface area contributed by atoms with Crippen molar-refractivity contribution < 1.29 is 0 Å². The number of nitrogens with two attached hydrogens (primary N) is 1. The van der Waals surface area contributed by atoms with Crippen LogP contribution in [0.4, 0.5) is 0 Å². The quantitative estimate of drug-likeness (QED) is 0.730. The summed E-state index contributed by atoms with van der Waals surface area (Å²) < 4.78 is 0. The fourth-order valence-electron chi connectivity index (χ4n) is 2.98. The van der Waals surface area contributed by atoms with Crippen LogP contribution in [0.5, 0.6) is 0 Å². The minimum Gasteiger partial charge on any atom is -0.327 e. The van der Waals surface area contributed by atoms with E-state index in [0.29, 0.717) is 6.04 Å². The highest BCUT2D eigenvalue weighted by atomic mass is 15.0. The van der Waals surface area contributed by atoms with Crippen molar-refractivity contribution in [3.05, 3.63) is 0 Å². The standard InChI is InChI=1S/C13H26N2/c1-2-5-10-8-13(10)15-9-11-6-3-4-7-12(11)14/h10-13,15H,2-9,14H2,1H3. The van der Waals surface area contributed by atoms with Crippen LogP contribution in [0.1, 0.15) is 51.9 Å². The van der Waals surface area contributed by atoms with E-state index >= 15 is 0 Å². The molecule has 0 spiro atoms. The van der Waals surface area contributed by atoms with Crippen LogP contribution >= 0.6 is 0 Å². The molecule has 88 valence electrons. The molecule has 2 aliphatic carbocycles. The van der Waals surface area contributed by atoms with Crippen LogP contribution in [0.25, 0.3) is 0 Å². The highest BCUT2D eigenvalue weighted by Gasteiger charge is 2.36. The Hall–Kier alpha value is -0.0800. The molecule has 2 heteroatoms. The summed E-state index contributed by atoms with van der Waals surface area (Å²) in [6.45, 7) is 3.46. The van der Waals surface area contributed by atoms with Gasteiger partial charge in [-0.15, -0.1) is 0 Å². The van der Waals surface area contributed by atoms with Gasteiger partial charge in [-0.3, -0.25) is 0 Å². The molecule has 4 unspecified atom stereocenters. The maximum absolute atomic E-state index is 6.14. The summed E-state index contributed by atoms with van der Waals surface area (Å²) in [6.07, 6.45) is 9.49. The van der Waals surface area contributed by atoms with Crippen LogP contribution in [0.2, 0.25) is 0 Å². The lowest BCUT2D eigenvalue weighted by Crippen LogP contribution is -2.40. The van der Waals surface area contributed by atoms with E-state index in [2.05, 4.69) is 12.2 Å². The van der Waals surface area contributed by atoms with Gasteiger partial charge in [-0.2, -0.15) is 0 Å². The van der Waals surface area contributed by atoms with Crippen LogP contribution in [-0.2, 0) is 0 Å². The van der Waals surface area contributed by atoms with Gasteiger partial charge in [0.2, 0.25) is 0 Å². The Labute approximate surface area is 94.0 Å². The molecule has 2 rings (SSSR count). The average Bonchev–Trinajstić information content (AvgIpc) is 2.96. The fourth-order valence-corrected chi connectivity index (χ4v) is 2.98. The van der Waals surface area contributed by atoms with Gasteiger partial charge in [0.05, 0.1) is 0 Å². The summed E-state index contributed by atoms with van der Waals surface area (Å²) in [5.41, 5.74) is 6.14. The lowest BCUT2D eigenvalue weighted by molar-refractivity contribution is 0.294. The second-order valence-electron chi connectivity index (χ2n) is 5.51. The molecule has 0 aromatic heterocycles. The lowest BCUT2D eigenvalue weighted by atomic mass is 9.85. The molecule has 3 N–H and O–H groups in total. The Bertz CT molecular complexity index is 193. The summed E-state index contributed by atoms with van der Waals surface area (Å²) in [6, 6.07) is 1.30. The minimum absolute atomic E-state index is 0.467. The Kier molecular flexibility index (Phi) is 4.04. The van der Waals surface area contributed by atoms with Gasteiger partial charge in [-0.25, -0.2) is 0 Å². The van der Waals surface area contributed by atoms with E-state index < -0.39 is 0 Å². The Morgan fingerprint density at radius 3 is 2.73 bits per heavy atom. The summed E-state index contributed by atoms with van der Waals surface area (Å²) in [7, 11) is 0. The van der Waals surface area contributed by atoms with Crippen molar-refractivity contribution in [2.75, 3.05) is 6.54 Å². The topological polar surface area (TPSA) is 38.0 Å². The van der Waals surface area contributed by atoms with Gasteiger partial charge in [0.25, 0.3) is 0 Å². The Balaban J connectivity index is 1.61. The zero-order valence-electron chi connectivity index (χ0n) is 10.0. The molecule has 0 saturated heterocycles. The van der Waals surface area contributed by atoms with Crippen molar-refractivity contribution in [3.8, 4) is 0 Å². The molecule has 0 heterocycles. The van der Waals surface area contributed by atoms with E-state index in [-0.39, 0.29) is 0 Å². The third kappa shape index (κ3) is 3.18. The molecule has 0 amide bonds. The lowest BCUT2D eigenvalue weighted by Gasteiger charge is -2.28. The highest BCUT2D eigenvalue weighted by Crippen LogP contribution is 2.35. The third-order valence-electron chi connectivity index (χ3n) is 4.19. The van der Waals surface area contributed by atoms with E-state index in [9.17, 15) is 0 Å². The van der Waals surface area contributed by atoms with Crippen molar-refractivity contribution in [2.45, 2.75) is 64.0 Å². The van der Waals surface area contributed by atoms with Gasteiger partial charge >= 0.3 is 0 Å². The second-order valence-corrected chi connectivity index (χ2v) is 5.51. The van der Waals surface area contributed by atoms with Crippen LogP contribution < -0.4 is 11.1 Å². The van der Waals surface area contributed by atoms with Crippen molar-refractivity contribution in [2.24, 2.45) is 17.6 Å². The fraction of sp³-hybridized carbons (Fsp3) is 1.00. The molecule has 0 aromatic rings. The first-order chi connectivity index (χ1) is 7.31. The average molecular weight is 210 g/mol. The summed E-state index contributed by atoms with van der Waals surface area (Å²) in [5, 5.41) is 3.71. The van der Waals surface area contributed by atoms with Gasteiger partial charge in [0.1, 0.15) is 0 Å². The molecule has 2 saturated carbocycles. The van der Waals surface area contributed by atoms with Gasteiger partial charge in [-0.1, -0.05) is 26.2 Å². The number of rotatable bonds is 5. The molecular weight excluding hydrogens is 184 g/mol. The van der Waals surface area contributed by atoms with Crippen LogP contribution in [-0.4, -0.2) is 18.6 Å². The maximum Gasteiger partial charge on any atom is 0.00992 e. The SMILES string of the molecule is CCCC1CC1NCC1CCCCC1N. The first-order valence-corrected chi connectivity index (χ1v) is 6.80. The van der Waals surface area contributed by atoms with Crippen molar-refractivity contribution in [1.29, 1.82) is 0 Å². The van der Waals surface area contributed by atoms with Gasteiger partial charge in [0, 0.05) is 12.1 Å². The van der Waals surface area contributed by atoms with Crippen molar-refractivity contribution in [1.82, 2.24) is 5.32 Å². The highest BCUT2D eigenvalue weighted by molar-refractivity contribution is 4.93. The molecule has 2 aliphatic rings. The number of hydrogen-bond acceptors (Lipinski definition) is 2. The van der Waals surface area contributed by atoms with Crippen LogP contribution in [0, 0.1) is 11.8 Å². The van der Waals surface area contributed by atoms with Gasteiger partial charge in [0.15, 0.2) is 0 Å². The van der Waals surface area contributed by atoms with E-state index in [1.165, 1.54) is 51.5 Å². The molecule has 0 radical (unpaired) electrons. The molecule has 0 aliphatic heterocycles. The number of nitrogens with one attached hydrogen (secondary N) is 1. The van der Waals surface area contributed by atoms with E-state index in [0.717, 1.165) is 17.9 Å². The Morgan fingerprint density at radius 1 is 1.20 bits per heavy atom. The van der Waals surface area contributed by atoms with E-state index in [4.69, 9.17) is 5.73 Å².